The SMILES string of the molecule is CCCCn1c(N)c(N(CCOC)Cc2csc(CC)n2)c(=O)[nH]c1=O. The summed E-state index contributed by atoms with van der Waals surface area (Å²) in [6.07, 6.45) is 2.60. The van der Waals surface area contributed by atoms with Crippen molar-refractivity contribution >= 4 is 22.8 Å². The van der Waals surface area contributed by atoms with Crippen molar-refractivity contribution in [3.63, 3.8) is 0 Å². The van der Waals surface area contributed by atoms with Gasteiger partial charge in [-0.25, -0.2) is 9.78 Å². The molecule has 0 spiro atoms. The Labute approximate surface area is 156 Å². The van der Waals surface area contributed by atoms with Gasteiger partial charge < -0.3 is 15.4 Å². The summed E-state index contributed by atoms with van der Waals surface area (Å²) in [6, 6.07) is 0. The van der Waals surface area contributed by atoms with Crippen LogP contribution < -0.4 is 21.9 Å². The van der Waals surface area contributed by atoms with Crippen LogP contribution in [0, 0.1) is 0 Å². The highest BCUT2D eigenvalue weighted by Crippen LogP contribution is 2.20. The molecule has 0 atom stereocenters. The lowest BCUT2D eigenvalue weighted by Gasteiger charge is -2.25. The average Bonchev–Trinajstić information content (AvgIpc) is 3.06. The Balaban J connectivity index is 2.42. The minimum Gasteiger partial charge on any atom is -0.383 e. The molecule has 0 radical (unpaired) electrons. The smallest absolute Gasteiger partial charge is 0.330 e. The molecule has 8 nitrogen and oxygen atoms in total. The fourth-order valence-corrected chi connectivity index (χ4v) is 3.41. The van der Waals surface area contributed by atoms with Crippen LogP contribution in [0.15, 0.2) is 15.0 Å². The second-order valence-corrected chi connectivity index (χ2v) is 6.94. The maximum absolute atomic E-state index is 12.5. The Morgan fingerprint density at radius 1 is 1.38 bits per heavy atom. The summed E-state index contributed by atoms with van der Waals surface area (Å²) < 4.78 is 6.60. The van der Waals surface area contributed by atoms with Crippen LogP contribution in [0.4, 0.5) is 11.5 Å². The predicted octanol–water partition coefficient (Wildman–Crippen LogP) is 1.59. The summed E-state index contributed by atoms with van der Waals surface area (Å²) in [5.74, 6) is 0.189. The topological polar surface area (TPSA) is 106 Å². The number of aromatic nitrogens is 3. The van der Waals surface area contributed by atoms with Gasteiger partial charge in [-0.1, -0.05) is 20.3 Å². The molecule has 2 rings (SSSR count). The van der Waals surface area contributed by atoms with E-state index in [1.807, 2.05) is 17.2 Å². The molecule has 3 N–H and O–H groups in total. The number of anilines is 2. The maximum Gasteiger partial charge on any atom is 0.330 e. The zero-order valence-corrected chi connectivity index (χ0v) is 16.4. The van der Waals surface area contributed by atoms with Crippen LogP contribution in [0.1, 0.15) is 37.4 Å². The number of aromatic amines is 1. The average molecular weight is 382 g/mol. The first-order valence-corrected chi connectivity index (χ1v) is 9.69. The number of hydrogen-bond donors (Lipinski definition) is 2. The van der Waals surface area contributed by atoms with Gasteiger partial charge in [0.15, 0.2) is 0 Å². The van der Waals surface area contributed by atoms with Gasteiger partial charge >= 0.3 is 5.69 Å². The highest BCUT2D eigenvalue weighted by molar-refractivity contribution is 7.09. The molecule has 0 unspecified atom stereocenters. The van der Waals surface area contributed by atoms with Crippen LogP contribution in [0.25, 0.3) is 0 Å². The van der Waals surface area contributed by atoms with Crippen molar-refractivity contribution in [2.45, 2.75) is 46.2 Å². The molecular weight excluding hydrogens is 354 g/mol. The third-order valence-electron chi connectivity index (χ3n) is 4.09. The number of aryl methyl sites for hydroxylation is 1. The summed E-state index contributed by atoms with van der Waals surface area (Å²) in [6.45, 7) is 5.88. The van der Waals surface area contributed by atoms with E-state index in [1.165, 1.54) is 4.57 Å². The Bertz CT molecular complexity index is 827. The lowest BCUT2D eigenvalue weighted by atomic mass is 10.3. The molecule has 0 aliphatic heterocycles. The highest BCUT2D eigenvalue weighted by atomic mass is 32.1. The van der Waals surface area contributed by atoms with Gasteiger partial charge in [0, 0.05) is 25.6 Å². The van der Waals surface area contributed by atoms with E-state index in [0.29, 0.717) is 31.9 Å². The molecule has 9 heteroatoms. The Hall–Kier alpha value is -2.13. The number of H-pyrrole nitrogens is 1. The van der Waals surface area contributed by atoms with E-state index >= 15 is 0 Å². The number of nitrogen functional groups attached to an aromatic ring is 1. The standard InChI is InChI=1S/C17H27N5O3S/c1-4-6-7-22-15(18)14(16(23)20-17(22)24)21(8-9-25-3)10-12-11-26-13(5-2)19-12/h11H,4-10,18H2,1-3H3,(H,20,23,24). The van der Waals surface area contributed by atoms with Gasteiger partial charge in [0.2, 0.25) is 0 Å². The van der Waals surface area contributed by atoms with E-state index in [0.717, 1.165) is 30.0 Å². The molecule has 0 bridgehead atoms. The predicted molar refractivity (Wildman–Crippen MR) is 105 cm³/mol. The normalized spacial score (nSPS) is 11.0. The van der Waals surface area contributed by atoms with Crippen LogP contribution in [0.3, 0.4) is 0 Å². The second kappa shape index (κ2) is 9.54. The number of unbranched alkanes of at least 4 members (excludes halogenated alkanes) is 1. The van der Waals surface area contributed by atoms with Gasteiger partial charge in [-0.2, -0.15) is 0 Å². The first kappa shape index (κ1) is 20.2. The first-order chi connectivity index (χ1) is 12.5. The monoisotopic (exact) mass is 381 g/mol. The largest absolute Gasteiger partial charge is 0.383 e. The van der Waals surface area contributed by atoms with Gasteiger partial charge in [-0.15, -0.1) is 11.3 Å². The zero-order valence-electron chi connectivity index (χ0n) is 15.6. The van der Waals surface area contributed by atoms with Gasteiger partial charge in [0.05, 0.1) is 23.9 Å². The van der Waals surface area contributed by atoms with Crippen molar-refractivity contribution in [2.75, 3.05) is 30.9 Å². The molecule has 0 aliphatic carbocycles. The Kier molecular flexibility index (Phi) is 7.40. The van der Waals surface area contributed by atoms with Gasteiger partial charge in [-0.3, -0.25) is 14.3 Å². The molecule has 0 aromatic carbocycles. The minimum absolute atomic E-state index is 0.189. The van der Waals surface area contributed by atoms with Crippen molar-refractivity contribution in [1.29, 1.82) is 0 Å². The molecule has 0 fully saturated rings. The molecule has 0 aliphatic rings. The lowest BCUT2D eigenvalue weighted by Crippen LogP contribution is -2.39. The van der Waals surface area contributed by atoms with E-state index in [4.69, 9.17) is 10.5 Å². The maximum atomic E-state index is 12.5. The summed E-state index contributed by atoms with van der Waals surface area (Å²) in [4.78, 5) is 33.4. The number of nitrogens with zero attached hydrogens (tertiary/aromatic N) is 3. The van der Waals surface area contributed by atoms with Crippen molar-refractivity contribution < 1.29 is 4.74 Å². The van der Waals surface area contributed by atoms with Gasteiger partial charge in [0.25, 0.3) is 5.56 Å². The highest BCUT2D eigenvalue weighted by Gasteiger charge is 2.20. The fraction of sp³-hybridized carbons (Fsp3) is 0.588. The molecule has 2 heterocycles. The molecule has 144 valence electrons. The molecule has 0 saturated heterocycles. The quantitative estimate of drug-likeness (QED) is 0.647. The Morgan fingerprint density at radius 2 is 2.15 bits per heavy atom. The van der Waals surface area contributed by atoms with Crippen LogP contribution in [0.5, 0.6) is 0 Å². The number of nitrogens with one attached hydrogen (secondary N) is 1. The fourth-order valence-electron chi connectivity index (χ4n) is 2.67. The number of thiazole rings is 1. The number of rotatable bonds is 10. The second-order valence-electron chi connectivity index (χ2n) is 6.00. The summed E-state index contributed by atoms with van der Waals surface area (Å²) in [5.41, 5.74) is 6.43. The zero-order chi connectivity index (χ0) is 19.1. The van der Waals surface area contributed by atoms with Gasteiger partial charge in [0.1, 0.15) is 11.5 Å². The number of hydrogen-bond acceptors (Lipinski definition) is 7. The van der Waals surface area contributed by atoms with E-state index < -0.39 is 11.2 Å². The molecule has 0 amide bonds. The van der Waals surface area contributed by atoms with Crippen LogP contribution in [-0.4, -0.2) is 34.8 Å². The van der Waals surface area contributed by atoms with E-state index in [1.54, 1.807) is 18.4 Å². The molecular formula is C17H27N5O3S. The third-order valence-corrected chi connectivity index (χ3v) is 5.13. The number of nitrogens with two attached hydrogens (primary N) is 1. The summed E-state index contributed by atoms with van der Waals surface area (Å²) >= 11 is 1.59. The van der Waals surface area contributed by atoms with E-state index in [2.05, 4.69) is 16.9 Å². The van der Waals surface area contributed by atoms with Crippen molar-refractivity contribution in [3.05, 3.63) is 36.9 Å². The van der Waals surface area contributed by atoms with Crippen LogP contribution >= 0.6 is 11.3 Å². The van der Waals surface area contributed by atoms with Gasteiger partial charge in [-0.05, 0) is 12.8 Å². The molecule has 26 heavy (non-hydrogen) atoms. The molecule has 2 aromatic heterocycles. The summed E-state index contributed by atoms with van der Waals surface area (Å²) in [5, 5.41) is 3.03. The van der Waals surface area contributed by atoms with Crippen molar-refractivity contribution in [2.24, 2.45) is 0 Å². The lowest BCUT2D eigenvalue weighted by molar-refractivity contribution is 0.205. The Morgan fingerprint density at radius 3 is 2.77 bits per heavy atom. The van der Waals surface area contributed by atoms with E-state index in [-0.39, 0.29) is 5.82 Å². The molecule has 2 aromatic rings. The van der Waals surface area contributed by atoms with Crippen LogP contribution in [0.2, 0.25) is 0 Å². The first-order valence-electron chi connectivity index (χ1n) is 8.81. The van der Waals surface area contributed by atoms with Crippen molar-refractivity contribution in [1.82, 2.24) is 14.5 Å². The number of methoxy groups -OCH3 is 1. The van der Waals surface area contributed by atoms with Crippen molar-refractivity contribution in [3.8, 4) is 0 Å². The minimum atomic E-state index is -0.484. The molecule has 0 saturated carbocycles. The van der Waals surface area contributed by atoms with E-state index in [9.17, 15) is 9.59 Å². The third kappa shape index (κ3) is 4.73. The number of ether oxygens (including phenoxy) is 1. The summed E-state index contributed by atoms with van der Waals surface area (Å²) in [7, 11) is 1.60. The van der Waals surface area contributed by atoms with Crippen LogP contribution in [-0.2, 0) is 24.2 Å².